The first-order valence-electron chi connectivity index (χ1n) is 4.56. The Morgan fingerprint density at radius 1 is 1.20 bits per heavy atom. The second-order valence-electron chi connectivity index (χ2n) is 3.30. The number of hydrogen-bond acceptors (Lipinski definition) is 1. The lowest BCUT2D eigenvalue weighted by atomic mass is 10.1. The lowest BCUT2D eigenvalue weighted by Crippen LogP contribution is -1.88. The maximum Gasteiger partial charge on any atom is 0.123 e. The normalized spacial score (nSPS) is 10.3. The molecule has 0 unspecified atom stereocenters. The number of aromatic nitrogens is 1. The molecule has 1 heterocycles. The fraction of sp³-hybridized carbons (Fsp3) is 0.0833. The number of hydrogen-bond donors (Lipinski definition) is 0. The molecule has 76 valence electrons. The van der Waals surface area contributed by atoms with Gasteiger partial charge in [-0.3, -0.25) is 0 Å². The molecule has 0 atom stereocenters. The van der Waals surface area contributed by atoms with Crippen LogP contribution in [-0.2, 0) is 0 Å². The topological polar surface area (TPSA) is 12.9 Å². The van der Waals surface area contributed by atoms with Crippen molar-refractivity contribution < 1.29 is 4.39 Å². The molecule has 0 saturated heterocycles. The van der Waals surface area contributed by atoms with Gasteiger partial charge in [-0.2, -0.15) is 0 Å². The van der Waals surface area contributed by atoms with Crippen LogP contribution >= 0.6 is 15.9 Å². The molecular weight excluding hydrogens is 257 g/mol. The Hall–Kier alpha value is -1.22. The summed E-state index contributed by atoms with van der Waals surface area (Å²) in [5.41, 5.74) is 2.69. The van der Waals surface area contributed by atoms with Crippen LogP contribution in [0.3, 0.4) is 0 Å². The van der Waals surface area contributed by atoms with E-state index in [2.05, 4.69) is 20.9 Å². The quantitative estimate of drug-likeness (QED) is 0.712. The third-order valence-electron chi connectivity index (χ3n) is 2.18. The van der Waals surface area contributed by atoms with Crippen molar-refractivity contribution in [2.45, 2.75) is 6.92 Å². The zero-order valence-corrected chi connectivity index (χ0v) is 9.75. The third-order valence-corrected chi connectivity index (χ3v) is 2.62. The molecule has 0 radical (unpaired) electrons. The van der Waals surface area contributed by atoms with Gasteiger partial charge in [-0.05, 0) is 58.7 Å². The van der Waals surface area contributed by atoms with Crippen molar-refractivity contribution in [1.29, 1.82) is 0 Å². The fourth-order valence-electron chi connectivity index (χ4n) is 1.47. The second-order valence-corrected chi connectivity index (χ2v) is 4.12. The first-order chi connectivity index (χ1) is 7.16. The van der Waals surface area contributed by atoms with E-state index in [0.29, 0.717) is 0 Å². The molecule has 0 saturated carbocycles. The number of rotatable bonds is 1. The number of aryl methyl sites for hydroxylation is 1. The second kappa shape index (κ2) is 4.11. The molecule has 0 aliphatic heterocycles. The van der Waals surface area contributed by atoms with E-state index in [1.54, 1.807) is 6.07 Å². The average Bonchev–Trinajstić information content (AvgIpc) is 2.17. The predicted octanol–water partition coefficient (Wildman–Crippen LogP) is 3.96. The molecule has 3 heteroatoms. The van der Waals surface area contributed by atoms with Crippen LogP contribution in [0.25, 0.3) is 11.3 Å². The van der Waals surface area contributed by atoms with Gasteiger partial charge in [0.25, 0.3) is 0 Å². The van der Waals surface area contributed by atoms with Gasteiger partial charge in [0.05, 0.1) is 5.69 Å². The van der Waals surface area contributed by atoms with Crippen LogP contribution < -0.4 is 0 Å². The molecule has 0 N–H and O–H groups in total. The van der Waals surface area contributed by atoms with Crippen LogP contribution in [0.1, 0.15) is 5.56 Å². The molecule has 2 rings (SSSR count). The Morgan fingerprint density at radius 3 is 2.67 bits per heavy atom. The molecule has 1 aromatic carbocycles. The molecule has 0 amide bonds. The first-order valence-corrected chi connectivity index (χ1v) is 5.35. The van der Waals surface area contributed by atoms with Gasteiger partial charge in [0, 0.05) is 5.56 Å². The summed E-state index contributed by atoms with van der Waals surface area (Å²) in [5.74, 6) is -0.216. The molecular formula is C12H9BrFN. The number of halogens is 2. The summed E-state index contributed by atoms with van der Waals surface area (Å²) in [5, 5.41) is 0. The van der Waals surface area contributed by atoms with E-state index < -0.39 is 0 Å². The molecule has 0 spiro atoms. The molecule has 0 aliphatic rings. The average molecular weight is 266 g/mol. The van der Waals surface area contributed by atoms with Gasteiger partial charge in [-0.1, -0.05) is 6.07 Å². The van der Waals surface area contributed by atoms with Gasteiger partial charge in [-0.15, -0.1) is 0 Å². The van der Waals surface area contributed by atoms with Gasteiger partial charge in [0.15, 0.2) is 0 Å². The zero-order chi connectivity index (χ0) is 10.8. The van der Waals surface area contributed by atoms with Crippen LogP contribution in [0, 0.1) is 12.7 Å². The molecule has 15 heavy (non-hydrogen) atoms. The smallest absolute Gasteiger partial charge is 0.123 e. The highest BCUT2D eigenvalue weighted by atomic mass is 79.9. The first kappa shape index (κ1) is 10.3. The molecule has 0 fully saturated rings. The SMILES string of the molecule is Cc1cc(F)ccc1-c1cccc(Br)n1. The molecule has 1 nitrogen and oxygen atoms in total. The summed E-state index contributed by atoms with van der Waals surface area (Å²) < 4.78 is 13.7. The molecule has 0 aliphatic carbocycles. The van der Waals surface area contributed by atoms with Crippen molar-refractivity contribution in [3.63, 3.8) is 0 Å². The van der Waals surface area contributed by atoms with E-state index in [4.69, 9.17) is 0 Å². The maximum absolute atomic E-state index is 12.9. The largest absolute Gasteiger partial charge is 0.241 e. The standard InChI is InChI=1S/C12H9BrFN/c1-8-7-9(14)5-6-10(8)11-3-2-4-12(13)15-11/h2-7H,1H3. The van der Waals surface area contributed by atoms with Gasteiger partial charge < -0.3 is 0 Å². The van der Waals surface area contributed by atoms with Gasteiger partial charge in [-0.25, -0.2) is 9.37 Å². The van der Waals surface area contributed by atoms with E-state index in [-0.39, 0.29) is 5.82 Å². The zero-order valence-electron chi connectivity index (χ0n) is 8.17. The van der Waals surface area contributed by atoms with Gasteiger partial charge >= 0.3 is 0 Å². The van der Waals surface area contributed by atoms with E-state index in [9.17, 15) is 4.39 Å². The highest BCUT2D eigenvalue weighted by molar-refractivity contribution is 9.10. The van der Waals surface area contributed by atoms with Crippen molar-refractivity contribution in [1.82, 2.24) is 4.98 Å². The predicted molar refractivity (Wildman–Crippen MR) is 62.1 cm³/mol. The van der Waals surface area contributed by atoms with Crippen molar-refractivity contribution in [3.05, 3.63) is 52.4 Å². The highest BCUT2D eigenvalue weighted by Crippen LogP contribution is 2.23. The number of benzene rings is 1. The van der Waals surface area contributed by atoms with Gasteiger partial charge in [0.2, 0.25) is 0 Å². The van der Waals surface area contributed by atoms with Crippen molar-refractivity contribution in [2.75, 3.05) is 0 Å². The van der Waals surface area contributed by atoms with Crippen LogP contribution in [0.15, 0.2) is 41.0 Å². The van der Waals surface area contributed by atoms with Crippen LogP contribution in [0.4, 0.5) is 4.39 Å². The summed E-state index contributed by atoms with van der Waals surface area (Å²) in [4.78, 5) is 4.33. The summed E-state index contributed by atoms with van der Waals surface area (Å²) in [6.07, 6.45) is 0. The summed E-state index contributed by atoms with van der Waals surface area (Å²) >= 11 is 3.31. The van der Waals surface area contributed by atoms with E-state index in [1.807, 2.05) is 25.1 Å². The Morgan fingerprint density at radius 2 is 2.00 bits per heavy atom. The van der Waals surface area contributed by atoms with E-state index in [1.165, 1.54) is 12.1 Å². The molecule has 1 aromatic heterocycles. The van der Waals surface area contributed by atoms with E-state index in [0.717, 1.165) is 21.4 Å². The maximum atomic E-state index is 12.9. The number of pyridine rings is 1. The molecule has 0 bridgehead atoms. The lowest BCUT2D eigenvalue weighted by Gasteiger charge is -2.05. The molecule has 2 aromatic rings. The summed E-state index contributed by atoms with van der Waals surface area (Å²) in [6.45, 7) is 1.88. The fourth-order valence-corrected chi connectivity index (χ4v) is 1.82. The Kier molecular flexibility index (Phi) is 2.82. The Labute approximate surface area is 96.1 Å². The Bertz CT molecular complexity index is 497. The van der Waals surface area contributed by atoms with Crippen molar-refractivity contribution >= 4 is 15.9 Å². The Balaban J connectivity index is 2.54. The summed E-state index contributed by atoms with van der Waals surface area (Å²) in [7, 11) is 0. The minimum atomic E-state index is -0.216. The van der Waals surface area contributed by atoms with Crippen molar-refractivity contribution in [2.24, 2.45) is 0 Å². The van der Waals surface area contributed by atoms with Crippen molar-refractivity contribution in [3.8, 4) is 11.3 Å². The monoisotopic (exact) mass is 265 g/mol. The lowest BCUT2D eigenvalue weighted by molar-refractivity contribution is 0.627. The summed E-state index contributed by atoms with van der Waals surface area (Å²) in [6, 6.07) is 10.4. The van der Waals surface area contributed by atoms with Crippen LogP contribution in [-0.4, -0.2) is 4.98 Å². The van der Waals surface area contributed by atoms with Crippen LogP contribution in [0.2, 0.25) is 0 Å². The number of nitrogens with zero attached hydrogens (tertiary/aromatic N) is 1. The van der Waals surface area contributed by atoms with Gasteiger partial charge in [0.1, 0.15) is 10.4 Å². The van der Waals surface area contributed by atoms with Crippen LogP contribution in [0.5, 0.6) is 0 Å². The highest BCUT2D eigenvalue weighted by Gasteiger charge is 2.04. The minimum absolute atomic E-state index is 0.216. The van der Waals surface area contributed by atoms with E-state index >= 15 is 0 Å². The minimum Gasteiger partial charge on any atom is -0.241 e. The third kappa shape index (κ3) is 2.23.